The molecule has 2 heterocycles. The number of likely N-dealkylation sites (tertiary alicyclic amines) is 1. The molecule has 0 aliphatic carbocycles. The summed E-state index contributed by atoms with van der Waals surface area (Å²) in [5, 5.41) is 0.934. The molecule has 1 aromatic heterocycles. The van der Waals surface area contributed by atoms with Crippen LogP contribution in [-0.4, -0.2) is 29.0 Å². The van der Waals surface area contributed by atoms with E-state index in [1.165, 1.54) is 6.42 Å². The second-order valence-electron chi connectivity index (χ2n) is 5.07. The molecular formula is C13H19Cl2N3. The van der Waals surface area contributed by atoms with E-state index in [0.29, 0.717) is 22.9 Å². The third kappa shape index (κ3) is 3.35. The molecule has 0 aromatic carbocycles. The van der Waals surface area contributed by atoms with Gasteiger partial charge in [-0.05, 0) is 31.4 Å². The van der Waals surface area contributed by atoms with E-state index < -0.39 is 0 Å². The Bertz CT molecular complexity index is 411. The summed E-state index contributed by atoms with van der Waals surface area (Å²) in [5.41, 5.74) is 6.88. The van der Waals surface area contributed by atoms with Gasteiger partial charge in [-0.15, -0.1) is 0 Å². The van der Waals surface area contributed by atoms with Gasteiger partial charge in [0.2, 0.25) is 0 Å². The van der Waals surface area contributed by atoms with E-state index in [-0.39, 0.29) is 0 Å². The average Bonchev–Trinajstić information content (AvgIpc) is 2.34. The average molecular weight is 288 g/mol. The van der Waals surface area contributed by atoms with Crippen molar-refractivity contribution in [2.24, 2.45) is 11.7 Å². The molecule has 2 atom stereocenters. The monoisotopic (exact) mass is 287 g/mol. The second kappa shape index (κ2) is 6.20. The molecule has 1 fully saturated rings. The molecule has 0 amide bonds. The molecule has 1 aliphatic rings. The fourth-order valence-corrected chi connectivity index (χ4v) is 2.94. The number of hydrogen-bond donors (Lipinski definition) is 1. The van der Waals surface area contributed by atoms with Crippen LogP contribution >= 0.6 is 23.2 Å². The van der Waals surface area contributed by atoms with Crippen LogP contribution in [0, 0.1) is 5.92 Å². The van der Waals surface area contributed by atoms with E-state index >= 15 is 0 Å². The first-order valence-electron chi connectivity index (χ1n) is 6.35. The van der Waals surface area contributed by atoms with Gasteiger partial charge in [0.15, 0.2) is 0 Å². The van der Waals surface area contributed by atoms with Crippen molar-refractivity contribution in [3.05, 3.63) is 28.0 Å². The van der Waals surface area contributed by atoms with E-state index in [4.69, 9.17) is 28.9 Å². The third-order valence-corrected chi connectivity index (χ3v) is 4.18. The number of nitrogens with zero attached hydrogens (tertiary/aromatic N) is 2. The minimum atomic E-state index is 0.436. The van der Waals surface area contributed by atoms with Crippen molar-refractivity contribution in [1.82, 2.24) is 9.88 Å². The van der Waals surface area contributed by atoms with Crippen LogP contribution in [0.15, 0.2) is 12.1 Å². The van der Waals surface area contributed by atoms with Crippen molar-refractivity contribution in [2.45, 2.75) is 32.4 Å². The minimum absolute atomic E-state index is 0.436. The third-order valence-electron chi connectivity index (χ3n) is 3.64. The molecule has 2 rings (SSSR count). The van der Waals surface area contributed by atoms with Crippen molar-refractivity contribution in [3.63, 3.8) is 0 Å². The maximum absolute atomic E-state index is 6.11. The van der Waals surface area contributed by atoms with Crippen LogP contribution in [0.5, 0.6) is 0 Å². The SMILES string of the molecule is CC1CCN(Cc2ccc(Cl)nc2Cl)C(CN)C1. The van der Waals surface area contributed by atoms with Gasteiger partial charge in [-0.25, -0.2) is 4.98 Å². The molecule has 1 saturated heterocycles. The van der Waals surface area contributed by atoms with Crippen LogP contribution < -0.4 is 5.73 Å². The van der Waals surface area contributed by atoms with Crippen LogP contribution in [0.3, 0.4) is 0 Å². The smallest absolute Gasteiger partial charge is 0.135 e. The Morgan fingerprint density at radius 1 is 1.44 bits per heavy atom. The lowest BCUT2D eigenvalue weighted by atomic mass is 9.92. The fourth-order valence-electron chi connectivity index (χ4n) is 2.53. The summed E-state index contributed by atoms with van der Waals surface area (Å²) in [6, 6.07) is 4.18. The summed E-state index contributed by atoms with van der Waals surface area (Å²) >= 11 is 11.9. The van der Waals surface area contributed by atoms with E-state index in [9.17, 15) is 0 Å². The molecule has 100 valence electrons. The number of pyridine rings is 1. The van der Waals surface area contributed by atoms with Crippen molar-refractivity contribution >= 4 is 23.2 Å². The Morgan fingerprint density at radius 2 is 2.22 bits per heavy atom. The molecule has 0 radical (unpaired) electrons. The van der Waals surface area contributed by atoms with Crippen molar-refractivity contribution in [3.8, 4) is 0 Å². The predicted octanol–water partition coefficient (Wildman–Crippen LogP) is 2.95. The predicted molar refractivity (Wildman–Crippen MR) is 75.9 cm³/mol. The molecule has 2 N–H and O–H groups in total. The van der Waals surface area contributed by atoms with Crippen molar-refractivity contribution in [1.29, 1.82) is 0 Å². The van der Waals surface area contributed by atoms with Gasteiger partial charge in [0, 0.05) is 24.7 Å². The van der Waals surface area contributed by atoms with Crippen LogP contribution in [0.4, 0.5) is 0 Å². The molecule has 1 aromatic rings. The van der Waals surface area contributed by atoms with E-state index in [1.807, 2.05) is 6.07 Å². The van der Waals surface area contributed by atoms with Crippen molar-refractivity contribution < 1.29 is 0 Å². The summed E-state index contributed by atoms with van der Waals surface area (Å²) in [5.74, 6) is 0.758. The highest BCUT2D eigenvalue weighted by atomic mass is 35.5. The van der Waals surface area contributed by atoms with E-state index in [1.54, 1.807) is 6.07 Å². The van der Waals surface area contributed by atoms with E-state index in [0.717, 1.165) is 31.0 Å². The zero-order chi connectivity index (χ0) is 13.1. The van der Waals surface area contributed by atoms with Crippen LogP contribution in [0.2, 0.25) is 10.3 Å². The Hall–Kier alpha value is -0.350. The molecule has 0 saturated carbocycles. The Labute approximate surface area is 118 Å². The van der Waals surface area contributed by atoms with Crippen LogP contribution in [0.1, 0.15) is 25.3 Å². The molecule has 0 spiro atoms. The quantitative estimate of drug-likeness (QED) is 0.869. The van der Waals surface area contributed by atoms with Crippen LogP contribution in [-0.2, 0) is 6.54 Å². The number of halogens is 2. The number of hydrogen-bond acceptors (Lipinski definition) is 3. The molecule has 3 nitrogen and oxygen atoms in total. The van der Waals surface area contributed by atoms with Crippen molar-refractivity contribution in [2.75, 3.05) is 13.1 Å². The highest BCUT2D eigenvalue weighted by molar-refractivity contribution is 6.32. The number of nitrogens with two attached hydrogens (primary N) is 1. The largest absolute Gasteiger partial charge is 0.329 e. The van der Waals surface area contributed by atoms with Gasteiger partial charge in [0.25, 0.3) is 0 Å². The number of rotatable bonds is 3. The Kier molecular flexibility index (Phi) is 4.84. The zero-order valence-electron chi connectivity index (χ0n) is 10.6. The zero-order valence-corrected chi connectivity index (χ0v) is 12.1. The lowest BCUT2D eigenvalue weighted by Gasteiger charge is -2.38. The maximum atomic E-state index is 6.11. The van der Waals surface area contributed by atoms with Gasteiger partial charge in [0.05, 0.1) is 0 Å². The summed E-state index contributed by atoms with van der Waals surface area (Å²) in [6.45, 7) is 4.86. The van der Waals surface area contributed by atoms with Crippen LogP contribution in [0.25, 0.3) is 0 Å². The van der Waals surface area contributed by atoms with Gasteiger partial charge >= 0.3 is 0 Å². The number of aromatic nitrogens is 1. The summed E-state index contributed by atoms with van der Waals surface area (Å²) in [7, 11) is 0. The first-order valence-corrected chi connectivity index (χ1v) is 7.10. The second-order valence-corrected chi connectivity index (χ2v) is 5.82. The molecule has 18 heavy (non-hydrogen) atoms. The van der Waals surface area contributed by atoms with Gasteiger partial charge in [-0.1, -0.05) is 36.2 Å². The first-order chi connectivity index (χ1) is 8.60. The summed E-state index contributed by atoms with van der Waals surface area (Å²) in [6.07, 6.45) is 2.38. The topological polar surface area (TPSA) is 42.2 Å². The van der Waals surface area contributed by atoms with E-state index in [2.05, 4.69) is 16.8 Å². The van der Waals surface area contributed by atoms with Gasteiger partial charge in [-0.2, -0.15) is 0 Å². The van der Waals surface area contributed by atoms with Gasteiger partial charge < -0.3 is 5.73 Å². The highest BCUT2D eigenvalue weighted by Crippen LogP contribution is 2.25. The molecular weight excluding hydrogens is 269 g/mol. The summed E-state index contributed by atoms with van der Waals surface area (Å²) < 4.78 is 0. The molecule has 0 bridgehead atoms. The standard InChI is InChI=1S/C13H19Cl2N3/c1-9-4-5-18(11(6-9)7-16)8-10-2-3-12(14)17-13(10)15/h2-3,9,11H,4-8,16H2,1H3. The maximum Gasteiger partial charge on any atom is 0.135 e. The summed E-state index contributed by atoms with van der Waals surface area (Å²) in [4.78, 5) is 6.48. The first kappa shape index (κ1) is 14.1. The molecule has 2 unspecified atom stereocenters. The fraction of sp³-hybridized carbons (Fsp3) is 0.615. The van der Waals surface area contributed by atoms with Gasteiger partial charge in [-0.3, -0.25) is 4.90 Å². The number of piperidine rings is 1. The Balaban J connectivity index is 2.07. The normalized spacial score (nSPS) is 25.3. The lowest BCUT2D eigenvalue weighted by molar-refractivity contribution is 0.115. The minimum Gasteiger partial charge on any atom is -0.329 e. The lowest BCUT2D eigenvalue weighted by Crippen LogP contribution is -2.45. The Morgan fingerprint density at radius 3 is 2.89 bits per heavy atom. The highest BCUT2D eigenvalue weighted by Gasteiger charge is 2.25. The molecule has 5 heteroatoms. The molecule has 1 aliphatic heterocycles. The van der Waals surface area contributed by atoms with Gasteiger partial charge in [0.1, 0.15) is 10.3 Å².